The molecule has 7 N–H and O–H groups in total. The van der Waals surface area contributed by atoms with E-state index in [1.165, 1.54) is 25.1 Å². The number of nitrogens with one attached hydrogen (secondary N) is 1. The fourth-order valence-electron chi connectivity index (χ4n) is 6.52. The minimum absolute atomic E-state index is 0.0389. The third-order valence-corrected chi connectivity index (χ3v) is 8.37. The average Bonchev–Trinajstić information content (AvgIpc) is 2.92. The SMILES string of the molecule is CN(C)c1cc(NC(=O)Oc2ccccc2)c(O)c2c1CC1CC3[C@H](N(C)C)C(=O)C(C(N)=O)=C(O)[C@@]3(O)C(=O)C1=C2O. The van der Waals surface area contributed by atoms with Crippen LogP contribution in [0, 0.1) is 11.8 Å². The van der Waals surface area contributed by atoms with Crippen LogP contribution in [0.4, 0.5) is 16.2 Å². The van der Waals surface area contributed by atoms with Gasteiger partial charge in [0.15, 0.2) is 17.1 Å². The van der Waals surface area contributed by atoms with Crippen molar-refractivity contribution in [3.63, 3.8) is 0 Å². The Morgan fingerprint density at radius 3 is 2.30 bits per heavy atom. The highest BCUT2D eigenvalue weighted by Gasteiger charge is 2.64. The number of anilines is 2. The van der Waals surface area contributed by atoms with E-state index in [9.17, 15) is 39.6 Å². The van der Waals surface area contributed by atoms with Crippen LogP contribution >= 0.6 is 0 Å². The van der Waals surface area contributed by atoms with Crippen LogP contribution in [-0.4, -0.2) is 88.7 Å². The average molecular weight is 593 g/mol. The number of likely N-dealkylation sites (N-methyl/N-ethyl adjacent to an activating group) is 1. The van der Waals surface area contributed by atoms with Crippen molar-refractivity contribution in [3.8, 4) is 11.5 Å². The summed E-state index contributed by atoms with van der Waals surface area (Å²) in [5, 5.41) is 48.1. The van der Waals surface area contributed by atoms with Crippen LogP contribution < -0.4 is 20.7 Å². The second kappa shape index (κ2) is 10.4. The van der Waals surface area contributed by atoms with E-state index in [1.807, 2.05) is 0 Å². The minimum Gasteiger partial charge on any atom is -0.508 e. The number of nitrogens with two attached hydrogens (primary N) is 1. The van der Waals surface area contributed by atoms with Gasteiger partial charge in [0.25, 0.3) is 5.91 Å². The number of fused-ring (bicyclic) bond motifs is 3. The van der Waals surface area contributed by atoms with Crippen molar-refractivity contribution in [1.82, 2.24) is 4.90 Å². The molecule has 0 aromatic heterocycles. The Bertz CT molecular complexity index is 1630. The molecule has 226 valence electrons. The predicted octanol–water partition coefficient (Wildman–Crippen LogP) is 1.64. The number of aliphatic hydroxyl groups is 3. The lowest BCUT2D eigenvalue weighted by Gasteiger charge is -2.50. The number of aromatic hydroxyl groups is 1. The monoisotopic (exact) mass is 592 g/mol. The molecule has 13 nitrogen and oxygen atoms in total. The van der Waals surface area contributed by atoms with Crippen LogP contribution in [0.1, 0.15) is 17.5 Å². The Morgan fingerprint density at radius 1 is 1.07 bits per heavy atom. The summed E-state index contributed by atoms with van der Waals surface area (Å²) in [4.78, 5) is 55.3. The van der Waals surface area contributed by atoms with E-state index < -0.39 is 69.9 Å². The molecule has 2 amide bonds. The van der Waals surface area contributed by atoms with Crippen molar-refractivity contribution in [2.75, 3.05) is 38.4 Å². The number of benzene rings is 2. The zero-order valence-electron chi connectivity index (χ0n) is 23.9. The number of para-hydroxylation sites is 1. The van der Waals surface area contributed by atoms with Crippen molar-refractivity contribution in [2.45, 2.75) is 24.5 Å². The van der Waals surface area contributed by atoms with Gasteiger partial charge in [0.1, 0.15) is 22.8 Å². The fraction of sp³-hybridized carbons (Fsp3) is 0.333. The summed E-state index contributed by atoms with van der Waals surface area (Å²) in [6.45, 7) is 0. The number of Topliss-reactive ketones (excluding diaryl/α,β-unsaturated/α-hetero) is 2. The zero-order valence-corrected chi connectivity index (χ0v) is 23.9. The molecule has 3 aliphatic rings. The van der Waals surface area contributed by atoms with Gasteiger partial charge >= 0.3 is 6.09 Å². The number of rotatable bonds is 5. The van der Waals surface area contributed by atoms with Crippen LogP contribution in [0.15, 0.2) is 53.3 Å². The van der Waals surface area contributed by atoms with Crippen molar-refractivity contribution in [2.24, 2.45) is 17.6 Å². The molecule has 43 heavy (non-hydrogen) atoms. The van der Waals surface area contributed by atoms with Crippen molar-refractivity contribution in [3.05, 3.63) is 64.4 Å². The van der Waals surface area contributed by atoms with Crippen molar-refractivity contribution >= 4 is 40.7 Å². The minimum atomic E-state index is -2.75. The lowest BCUT2D eigenvalue weighted by molar-refractivity contribution is -0.153. The molecular formula is C30H32N4O9. The highest BCUT2D eigenvalue weighted by molar-refractivity contribution is 6.24. The van der Waals surface area contributed by atoms with E-state index in [0.717, 1.165) is 0 Å². The highest BCUT2D eigenvalue weighted by Crippen LogP contribution is 2.54. The number of aliphatic hydroxyl groups excluding tert-OH is 2. The number of phenols is 1. The molecule has 0 saturated heterocycles. The van der Waals surface area contributed by atoms with E-state index in [2.05, 4.69) is 5.32 Å². The Labute approximate surface area is 246 Å². The molecule has 0 aliphatic heterocycles. The van der Waals surface area contributed by atoms with Crippen LogP contribution in [0.2, 0.25) is 0 Å². The number of amides is 2. The summed E-state index contributed by atoms with van der Waals surface area (Å²) >= 11 is 0. The maximum atomic E-state index is 14.1. The maximum Gasteiger partial charge on any atom is 0.417 e. The first-order chi connectivity index (χ1) is 20.2. The topological polar surface area (TPSA) is 203 Å². The number of nitrogens with zero attached hydrogens (tertiary/aromatic N) is 2. The highest BCUT2D eigenvalue weighted by atomic mass is 16.6. The molecule has 1 fully saturated rings. The normalized spacial score (nSPS) is 24.7. The summed E-state index contributed by atoms with van der Waals surface area (Å²) in [6, 6.07) is 8.54. The number of hydrogen-bond donors (Lipinski definition) is 6. The number of ether oxygens (including phenoxy) is 1. The Kier molecular flexibility index (Phi) is 7.19. The van der Waals surface area contributed by atoms with Crippen LogP contribution in [0.5, 0.6) is 11.5 Å². The first-order valence-corrected chi connectivity index (χ1v) is 13.4. The molecule has 2 aromatic carbocycles. The quantitative estimate of drug-likeness (QED) is 0.218. The summed E-state index contributed by atoms with van der Waals surface area (Å²) in [6.07, 6.45) is -0.860. The van der Waals surface area contributed by atoms with Gasteiger partial charge in [-0.3, -0.25) is 24.6 Å². The van der Waals surface area contributed by atoms with Gasteiger partial charge in [-0.2, -0.15) is 0 Å². The molecule has 4 atom stereocenters. The van der Waals surface area contributed by atoms with Crippen molar-refractivity contribution < 1.29 is 44.3 Å². The molecular weight excluding hydrogens is 560 g/mol. The van der Waals surface area contributed by atoms with Crippen LogP contribution in [0.3, 0.4) is 0 Å². The first-order valence-electron chi connectivity index (χ1n) is 13.4. The summed E-state index contributed by atoms with van der Waals surface area (Å²) in [5.41, 5.74) is 2.12. The summed E-state index contributed by atoms with van der Waals surface area (Å²) < 4.78 is 5.26. The van der Waals surface area contributed by atoms with Gasteiger partial charge in [-0.15, -0.1) is 0 Å². The number of primary amides is 1. The standard InChI is InChI=1S/C30H32N4O9/c1-33(2)18-12-17(32-29(41)43-14-8-6-5-7-9-14)23(35)20-15(18)10-13-11-16-22(34(3)4)25(37)21(28(31)40)27(39)30(16,42)26(38)19(13)24(20)36/h5-9,12-13,16,22,35-36,39,42H,10-11H2,1-4H3,(H2,31,40)(H,32,41)/t13?,16?,22-,30-/m0/s1. The number of carbonyl (C=O) groups is 4. The van der Waals surface area contributed by atoms with E-state index in [1.54, 1.807) is 49.3 Å². The van der Waals surface area contributed by atoms with Gasteiger partial charge in [0, 0.05) is 31.3 Å². The lowest BCUT2D eigenvalue weighted by atomic mass is 9.57. The van der Waals surface area contributed by atoms with E-state index in [-0.39, 0.29) is 35.4 Å². The summed E-state index contributed by atoms with van der Waals surface area (Å²) in [7, 11) is 6.51. The maximum absolute atomic E-state index is 14.1. The number of phenolic OH excluding ortho intramolecular Hbond substituents is 1. The van der Waals surface area contributed by atoms with Gasteiger partial charge in [0.05, 0.1) is 17.3 Å². The fourth-order valence-corrected chi connectivity index (χ4v) is 6.52. The number of hydrogen-bond acceptors (Lipinski definition) is 11. The second-order valence-electron chi connectivity index (χ2n) is 11.3. The molecule has 0 spiro atoms. The van der Waals surface area contributed by atoms with E-state index >= 15 is 0 Å². The first kappa shape index (κ1) is 29.6. The van der Waals surface area contributed by atoms with Crippen molar-refractivity contribution in [1.29, 1.82) is 0 Å². The van der Waals surface area contributed by atoms with Crippen LogP contribution in [0.25, 0.3) is 5.76 Å². The molecule has 0 bridgehead atoms. The van der Waals surface area contributed by atoms with Gasteiger partial charge < -0.3 is 35.8 Å². The van der Waals surface area contributed by atoms with Gasteiger partial charge in [0.2, 0.25) is 5.78 Å². The zero-order chi connectivity index (χ0) is 31.5. The Morgan fingerprint density at radius 2 is 1.72 bits per heavy atom. The Balaban J connectivity index is 1.65. The van der Waals surface area contributed by atoms with Gasteiger partial charge in [-0.05, 0) is 56.6 Å². The van der Waals surface area contributed by atoms with Crippen LogP contribution in [-0.2, 0) is 20.8 Å². The summed E-state index contributed by atoms with van der Waals surface area (Å²) in [5.74, 6) is -7.32. The Hall–Kier alpha value is -4.88. The number of carbonyl (C=O) groups excluding carboxylic acids is 4. The molecule has 5 rings (SSSR count). The predicted molar refractivity (Wildman–Crippen MR) is 155 cm³/mol. The molecule has 3 aliphatic carbocycles. The number of ketones is 2. The molecule has 0 heterocycles. The molecule has 1 saturated carbocycles. The smallest absolute Gasteiger partial charge is 0.417 e. The van der Waals surface area contributed by atoms with E-state index in [4.69, 9.17) is 10.5 Å². The largest absolute Gasteiger partial charge is 0.508 e. The molecule has 2 aromatic rings. The second-order valence-corrected chi connectivity index (χ2v) is 11.3. The van der Waals surface area contributed by atoms with Gasteiger partial charge in [-0.1, -0.05) is 18.2 Å². The lowest BCUT2D eigenvalue weighted by Crippen LogP contribution is -2.65. The third kappa shape index (κ3) is 4.48. The molecule has 0 radical (unpaired) electrons. The van der Waals surface area contributed by atoms with E-state index in [0.29, 0.717) is 11.3 Å². The molecule has 13 heteroatoms. The molecule has 2 unspecified atom stereocenters. The third-order valence-electron chi connectivity index (χ3n) is 8.37. The van der Waals surface area contributed by atoms with Gasteiger partial charge in [-0.25, -0.2) is 4.79 Å².